The van der Waals surface area contributed by atoms with E-state index in [2.05, 4.69) is 5.32 Å². The van der Waals surface area contributed by atoms with Crippen molar-refractivity contribution in [1.82, 2.24) is 5.32 Å². The van der Waals surface area contributed by atoms with Gasteiger partial charge in [0.15, 0.2) is 0 Å². The second-order valence-electron chi connectivity index (χ2n) is 4.01. The summed E-state index contributed by atoms with van der Waals surface area (Å²) < 4.78 is 31.6. The highest BCUT2D eigenvalue weighted by atomic mass is 32.2. The third-order valence-corrected chi connectivity index (χ3v) is 2.96. The molecule has 1 saturated heterocycles. The molecule has 1 fully saturated rings. The van der Waals surface area contributed by atoms with Crippen LogP contribution in [0.15, 0.2) is 30.3 Å². The lowest BCUT2D eigenvalue weighted by atomic mass is 10.1. The highest BCUT2D eigenvalue weighted by molar-refractivity contribution is 7.86. The number of hydrogen-bond acceptors (Lipinski definition) is 5. The average molecular weight is 271 g/mol. The summed E-state index contributed by atoms with van der Waals surface area (Å²) in [5, 5.41) is 2.52. The molecule has 1 aliphatic rings. The van der Waals surface area contributed by atoms with Gasteiger partial charge in [0.2, 0.25) is 6.29 Å². The average Bonchev–Trinajstić information content (AvgIpc) is 2.57. The number of hydrogen-bond donors (Lipinski definition) is 1. The van der Waals surface area contributed by atoms with E-state index in [1.165, 1.54) is 0 Å². The van der Waals surface area contributed by atoms with Crippen LogP contribution in [0.2, 0.25) is 0 Å². The molecule has 0 unspecified atom stereocenters. The predicted molar refractivity (Wildman–Crippen MR) is 63.3 cm³/mol. The molecule has 0 spiro atoms. The Morgan fingerprint density at radius 2 is 2.00 bits per heavy atom. The number of rotatable bonds is 4. The van der Waals surface area contributed by atoms with E-state index < -0.39 is 28.5 Å². The maximum atomic E-state index is 11.1. The van der Waals surface area contributed by atoms with Crippen molar-refractivity contribution in [3.63, 3.8) is 0 Å². The van der Waals surface area contributed by atoms with Crippen molar-refractivity contribution in [2.24, 2.45) is 0 Å². The van der Waals surface area contributed by atoms with Gasteiger partial charge in [0.05, 0.1) is 12.3 Å². The first-order valence-corrected chi connectivity index (χ1v) is 7.15. The molecule has 1 N–H and O–H groups in total. The first-order chi connectivity index (χ1) is 8.44. The van der Waals surface area contributed by atoms with Gasteiger partial charge in [-0.15, -0.1) is 0 Å². The van der Waals surface area contributed by atoms with Gasteiger partial charge < -0.3 is 10.1 Å². The smallest absolute Gasteiger partial charge is 0.410 e. The van der Waals surface area contributed by atoms with E-state index in [1.54, 1.807) is 0 Å². The maximum Gasteiger partial charge on any atom is 0.410 e. The molecule has 1 aromatic carbocycles. The summed E-state index contributed by atoms with van der Waals surface area (Å²) in [5.74, 6) is 0. The topological polar surface area (TPSA) is 81.7 Å². The standard InChI is InChI=1S/C11H13NO5S/c1-18(14,15)17-10-9(12-11(13)16-10)7-8-5-3-2-4-6-8/h2-6,9-10H,7H2,1H3,(H,12,13)/t9-,10-/m1/s1. The van der Waals surface area contributed by atoms with E-state index in [-0.39, 0.29) is 0 Å². The molecule has 1 aliphatic heterocycles. The third-order valence-electron chi connectivity index (χ3n) is 2.42. The van der Waals surface area contributed by atoms with Crippen molar-refractivity contribution >= 4 is 16.2 Å². The zero-order chi connectivity index (χ0) is 13.2. The normalized spacial score (nSPS) is 23.5. The molecule has 18 heavy (non-hydrogen) atoms. The van der Waals surface area contributed by atoms with E-state index in [9.17, 15) is 13.2 Å². The molecule has 2 rings (SSSR count). The summed E-state index contributed by atoms with van der Waals surface area (Å²) >= 11 is 0. The number of ether oxygens (including phenoxy) is 1. The monoisotopic (exact) mass is 271 g/mol. The van der Waals surface area contributed by atoms with Crippen LogP contribution in [0.3, 0.4) is 0 Å². The summed E-state index contributed by atoms with van der Waals surface area (Å²) in [6, 6.07) is 8.83. The molecule has 0 radical (unpaired) electrons. The number of carbonyl (C=O) groups excluding carboxylic acids is 1. The quantitative estimate of drug-likeness (QED) is 0.813. The Morgan fingerprint density at radius 1 is 1.33 bits per heavy atom. The lowest BCUT2D eigenvalue weighted by Gasteiger charge is -2.15. The fourth-order valence-corrected chi connectivity index (χ4v) is 2.23. The van der Waals surface area contributed by atoms with Crippen LogP contribution in [-0.2, 0) is 25.5 Å². The van der Waals surface area contributed by atoms with Crippen molar-refractivity contribution in [2.45, 2.75) is 18.8 Å². The van der Waals surface area contributed by atoms with Crippen LogP contribution in [0, 0.1) is 0 Å². The summed E-state index contributed by atoms with van der Waals surface area (Å²) in [5.41, 5.74) is 0.954. The minimum Gasteiger partial charge on any atom is -0.416 e. The number of nitrogens with one attached hydrogen (secondary N) is 1. The zero-order valence-electron chi connectivity index (χ0n) is 9.70. The summed E-state index contributed by atoms with van der Waals surface area (Å²) in [6.45, 7) is 0. The van der Waals surface area contributed by atoms with Gasteiger partial charge in [-0.25, -0.2) is 8.98 Å². The first kappa shape index (κ1) is 12.8. The predicted octanol–water partition coefficient (Wildman–Crippen LogP) is 0.640. The maximum absolute atomic E-state index is 11.1. The van der Waals surface area contributed by atoms with E-state index >= 15 is 0 Å². The summed E-state index contributed by atoms with van der Waals surface area (Å²) in [4.78, 5) is 11.1. The van der Waals surface area contributed by atoms with Gasteiger partial charge in [-0.05, 0) is 12.0 Å². The molecule has 0 aliphatic carbocycles. The third kappa shape index (κ3) is 3.44. The number of cyclic esters (lactones) is 1. The molecule has 0 aromatic heterocycles. The molecule has 1 aromatic rings. The van der Waals surface area contributed by atoms with Crippen LogP contribution in [0.25, 0.3) is 0 Å². The number of alkyl carbamates (subject to hydrolysis) is 1. The second-order valence-corrected chi connectivity index (χ2v) is 5.62. The molecule has 0 saturated carbocycles. The Labute approximate surface area is 105 Å². The summed E-state index contributed by atoms with van der Waals surface area (Å²) in [6.07, 6.45) is -0.441. The molecule has 98 valence electrons. The lowest BCUT2D eigenvalue weighted by molar-refractivity contribution is -0.00824. The van der Waals surface area contributed by atoms with Gasteiger partial charge in [-0.3, -0.25) is 0 Å². The molecule has 7 heteroatoms. The largest absolute Gasteiger partial charge is 0.416 e. The molecular weight excluding hydrogens is 258 g/mol. The SMILES string of the molecule is CS(=O)(=O)O[C@H]1OC(=O)N[C@@H]1Cc1ccccc1. The van der Waals surface area contributed by atoms with Crippen molar-refractivity contribution in [2.75, 3.05) is 6.26 Å². The first-order valence-electron chi connectivity index (χ1n) is 5.33. The van der Waals surface area contributed by atoms with E-state index in [1.807, 2.05) is 30.3 Å². The van der Waals surface area contributed by atoms with E-state index in [4.69, 9.17) is 8.92 Å². The van der Waals surface area contributed by atoms with Crippen molar-refractivity contribution in [3.8, 4) is 0 Å². The van der Waals surface area contributed by atoms with Crippen LogP contribution in [0.4, 0.5) is 4.79 Å². The van der Waals surface area contributed by atoms with Gasteiger partial charge in [0, 0.05) is 0 Å². The zero-order valence-corrected chi connectivity index (χ0v) is 10.5. The highest BCUT2D eigenvalue weighted by Gasteiger charge is 2.37. The van der Waals surface area contributed by atoms with E-state index in [0.717, 1.165) is 11.8 Å². The van der Waals surface area contributed by atoms with Crippen LogP contribution in [-0.4, -0.2) is 33.1 Å². The van der Waals surface area contributed by atoms with Gasteiger partial charge in [-0.2, -0.15) is 8.42 Å². The number of benzene rings is 1. The van der Waals surface area contributed by atoms with Crippen LogP contribution < -0.4 is 5.32 Å². The fourth-order valence-electron chi connectivity index (χ4n) is 1.72. The Balaban J connectivity index is 2.08. The Bertz CT molecular complexity index is 528. The molecular formula is C11H13NO5S. The fraction of sp³-hybridized carbons (Fsp3) is 0.364. The van der Waals surface area contributed by atoms with Crippen molar-refractivity contribution < 1.29 is 22.1 Å². The Kier molecular flexibility index (Phi) is 3.53. The number of amides is 1. The molecule has 1 heterocycles. The second kappa shape index (κ2) is 4.95. The Hall–Kier alpha value is -1.60. The highest BCUT2D eigenvalue weighted by Crippen LogP contribution is 2.16. The van der Waals surface area contributed by atoms with Gasteiger partial charge in [0.25, 0.3) is 10.1 Å². The lowest BCUT2D eigenvalue weighted by Crippen LogP contribution is -2.36. The van der Waals surface area contributed by atoms with Crippen molar-refractivity contribution in [3.05, 3.63) is 35.9 Å². The van der Waals surface area contributed by atoms with Crippen LogP contribution in [0.1, 0.15) is 5.56 Å². The van der Waals surface area contributed by atoms with Gasteiger partial charge in [-0.1, -0.05) is 30.3 Å². The van der Waals surface area contributed by atoms with Gasteiger partial charge in [0.1, 0.15) is 0 Å². The molecule has 0 bridgehead atoms. The van der Waals surface area contributed by atoms with Gasteiger partial charge >= 0.3 is 6.09 Å². The molecule has 6 nitrogen and oxygen atoms in total. The van der Waals surface area contributed by atoms with Crippen molar-refractivity contribution in [1.29, 1.82) is 0 Å². The number of carbonyl (C=O) groups is 1. The van der Waals surface area contributed by atoms with Crippen LogP contribution >= 0.6 is 0 Å². The van der Waals surface area contributed by atoms with Crippen LogP contribution in [0.5, 0.6) is 0 Å². The molecule has 1 amide bonds. The minimum atomic E-state index is -3.67. The minimum absolute atomic E-state index is 0.437. The Morgan fingerprint density at radius 3 is 2.61 bits per heavy atom. The molecule has 2 atom stereocenters. The van der Waals surface area contributed by atoms with E-state index in [0.29, 0.717) is 6.42 Å². The summed E-state index contributed by atoms with van der Waals surface area (Å²) in [7, 11) is -3.67.